The van der Waals surface area contributed by atoms with E-state index < -0.39 is 0 Å². The lowest BCUT2D eigenvalue weighted by Gasteiger charge is -2.24. The number of nitrogens with one attached hydrogen (secondary N) is 2. The van der Waals surface area contributed by atoms with Crippen molar-refractivity contribution < 1.29 is 19.1 Å². The van der Waals surface area contributed by atoms with Gasteiger partial charge in [0.15, 0.2) is 0 Å². The molecule has 120 valence electrons. The molecule has 0 aliphatic carbocycles. The van der Waals surface area contributed by atoms with Crippen molar-refractivity contribution in [3.63, 3.8) is 0 Å². The van der Waals surface area contributed by atoms with Crippen LogP contribution in [0.1, 0.15) is 17.2 Å². The van der Waals surface area contributed by atoms with Crippen LogP contribution >= 0.6 is 0 Å². The van der Waals surface area contributed by atoms with Crippen molar-refractivity contribution in [1.29, 1.82) is 0 Å². The van der Waals surface area contributed by atoms with E-state index >= 15 is 0 Å². The smallest absolute Gasteiger partial charge is 0.355 e. The molecule has 0 bridgehead atoms. The van der Waals surface area contributed by atoms with Crippen LogP contribution in [0.5, 0.6) is 0 Å². The Bertz CT molecular complexity index is 998. The van der Waals surface area contributed by atoms with E-state index in [1.165, 1.54) is 0 Å². The van der Waals surface area contributed by atoms with E-state index in [1.54, 1.807) is 0 Å². The highest BCUT2D eigenvalue weighted by Crippen LogP contribution is 2.43. The minimum Gasteiger partial charge on any atom is -0.456 e. The third-order valence-electron chi connectivity index (χ3n) is 4.79. The second-order valence-electron chi connectivity index (χ2n) is 6.13. The summed E-state index contributed by atoms with van der Waals surface area (Å²) in [4.78, 5) is 24.2. The molecule has 24 heavy (non-hydrogen) atoms. The van der Waals surface area contributed by atoms with Crippen LogP contribution in [0.3, 0.4) is 0 Å². The fraction of sp³-hybridized carbons (Fsp3) is 0.235. The van der Waals surface area contributed by atoms with E-state index in [2.05, 4.69) is 15.5 Å². The van der Waals surface area contributed by atoms with Gasteiger partial charge in [0.2, 0.25) is 0 Å². The molecule has 0 spiro atoms. The van der Waals surface area contributed by atoms with E-state index in [4.69, 9.17) is 9.47 Å². The number of aromatic nitrogens is 2. The normalized spacial score (nSPS) is 22.5. The van der Waals surface area contributed by atoms with E-state index in [1.807, 2.05) is 25.1 Å². The number of esters is 2. The zero-order valence-corrected chi connectivity index (χ0v) is 12.8. The number of rotatable bonds is 1. The minimum atomic E-state index is -0.388. The lowest BCUT2D eigenvalue weighted by molar-refractivity contribution is -0.136. The number of nitrogens with zero attached hydrogens (tertiary/aromatic N) is 1. The maximum Gasteiger partial charge on any atom is 0.355 e. The number of aromatic amines is 1. The average Bonchev–Trinajstić information content (AvgIpc) is 3.25. The van der Waals surface area contributed by atoms with Crippen molar-refractivity contribution in [3.05, 3.63) is 52.0 Å². The second-order valence-corrected chi connectivity index (χ2v) is 6.13. The molecule has 3 aliphatic rings. The number of aryl methyl sites for hydroxylation is 1. The highest BCUT2D eigenvalue weighted by Gasteiger charge is 2.44. The van der Waals surface area contributed by atoms with Crippen molar-refractivity contribution >= 4 is 22.8 Å². The molecule has 1 atom stereocenters. The Kier molecular flexibility index (Phi) is 2.49. The van der Waals surface area contributed by atoms with Crippen LogP contribution in [-0.2, 0) is 19.1 Å². The first-order valence-electron chi connectivity index (χ1n) is 7.65. The van der Waals surface area contributed by atoms with Gasteiger partial charge in [-0.1, -0.05) is 6.07 Å². The largest absolute Gasteiger partial charge is 0.456 e. The van der Waals surface area contributed by atoms with Crippen molar-refractivity contribution in [2.24, 2.45) is 0 Å². The number of carbonyl (C=O) groups is 2. The van der Waals surface area contributed by atoms with Crippen molar-refractivity contribution in [2.75, 3.05) is 13.2 Å². The van der Waals surface area contributed by atoms with E-state index in [9.17, 15) is 9.59 Å². The fourth-order valence-electron chi connectivity index (χ4n) is 3.62. The summed E-state index contributed by atoms with van der Waals surface area (Å²) in [5.74, 6) is -1.07. The molecule has 7 nitrogen and oxygen atoms in total. The maximum absolute atomic E-state index is 12.3. The highest BCUT2D eigenvalue weighted by molar-refractivity contribution is 6.00. The summed E-state index contributed by atoms with van der Waals surface area (Å²) in [6.45, 7) is 2.28. The summed E-state index contributed by atoms with van der Waals surface area (Å²) in [6.07, 6.45) is 0. The first kappa shape index (κ1) is 13.4. The monoisotopic (exact) mass is 323 g/mol. The van der Waals surface area contributed by atoms with Gasteiger partial charge >= 0.3 is 11.9 Å². The van der Waals surface area contributed by atoms with Gasteiger partial charge in [-0.05, 0) is 24.6 Å². The van der Waals surface area contributed by atoms with Crippen LogP contribution in [0, 0.1) is 6.92 Å². The Morgan fingerprint density at radius 1 is 1.17 bits per heavy atom. The van der Waals surface area contributed by atoms with Gasteiger partial charge in [0.25, 0.3) is 0 Å². The molecule has 0 radical (unpaired) electrons. The molecule has 7 heteroatoms. The van der Waals surface area contributed by atoms with Gasteiger partial charge in [0, 0.05) is 22.6 Å². The molecule has 1 aromatic carbocycles. The number of dihydropyridines is 1. The van der Waals surface area contributed by atoms with Crippen LogP contribution in [0.25, 0.3) is 10.9 Å². The van der Waals surface area contributed by atoms with Crippen molar-refractivity contribution in [1.82, 2.24) is 15.5 Å². The number of fused-ring (bicyclic) bond motifs is 1. The molecule has 1 unspecified atom stereocenters. The van der Waals surface area contributed by atoms with E-state index in [-0.39, 0.29) is 31.1 Å². The Morgan fingerprint density at radius 3 is 2.88 bits per heavy atom. The SMILES string of the molecule is Cc1[nH]nc2ccc(C3C4=C(NC5=C3C(=O)OC5)C(=O)OC4)cc12. The van der Waals surface area contributed by atoms with Crippen molar-refractivity contribution in [3.8, 4) is 0 Å². The summed E-state index contributed by atoms with van der Waals surface area (Å²) in [7, 11) is 0. The summed E-state index contributed by atoms with van der Waals surface area (Å²) >= 11 is 0. The van der Waals surface area contributed by atoms with Crippen LogP contribution in [0.15, 0.2) is 40.7 Å². The standard InChI is InChI=1S/C17H13N3O4/c1-7-9-4-8(2-3-11(9)20-19-7)13-10-5-23-17(22)15(10)18-12-6-24-16(21)14(12)13/h2-4,13,18H,5-6H2,1H3,(H,19,20). The second kappa shape index (κ2) is 4.47. The average molecular weight is 323 g/mol. The van der Waals surface area contributed by atoms with Gasteiger partial charge in [-0.15, -0.1) is 0 Å². The van der Waals surface area contributed by atoms with Crippen LogP contribution in [0.2, 0.25) is 0 Å². The Labute approximate surface area is 136 Å². The Morgan fingerprint density at radius 2 is 2.00 bits per heavy atom. The highest BCUT2D eigenvalue weighted by atomic mass is 16.5. The molecular formula is C17H13N3O4. The molecule has 3 aliphatic heterocycles. The molecule has 0 amide bonds. The molecule has 1 aromatic heterocycles. The number of carbonyl (C=O) groups excluding carboxylic acids is 2. The fourth-order valence-corrected chi connectivity index (χ4v) is 3.62. The first-order chi connectivity index (χ1) is 11.6. The lowest BCUT2D eigenvalue weighted by atomic mass is 9.81. The Hall–Kier alpha value is -3.09. The molecule has 0 saturated heterocycles. The molecule has 4 heterocycles. The quantitative estimate of drug-likeness (QED) is 0.766. The molecule has 2 N–H and O–H groups in total. The van der Waals surface area contributed by atoms with Gasteiger partial charge in [-0.2, -0.15) is 5.10 Å². The summed E-state index contributed by atoms with van der Waals surface area (Å²) < 4.78 is 10.4. The molecule has 5 rings (SSSR count). The minimum absolute atomic E-state index is 0.154. The van der Waals surface area contributed by atoms with E-state index in [0.717, 1.165) is 27.7 Å². The molecule has 0 saturated carbocycles. The zero-order valence-electron chi connectivity index (χ0n) is 12.8. The van der Waals surface area contributed by atoms with Gasteiger partial charge in [0.1, 0.15) is 18.9 Å². The number of H-pyrrole nitrogens is 1. The molecular weight excluding hydrogens is 310 g/mol. The molecule has 0 fully saturated rings. The lowest BCUT2D eigenvalue weighted by Crippen LogP contribution is -2.28. The van der Waals surface area contributed by atoms with Crippen LogP contribution in [-0.4, -0.2) is 35.3 Å². The predicted molar refractivity (Wildman–Crippen MR) is 82.7 cm³/mol. The topological polar surface area (TPSA) is 93.3 Å². The number of ether oxygens (including phenoxy) is 2. The zero-order chi connectivity index (χ0) is 16.4. The van der Waals surface area contributed by atoms with Crippen LogP contribution < -0.4 is 5.32 Å². The summed E-state index contributed by atoms with van der Waals surface area (Å²) in [5.41, 5.74) is 5.15. The third-order valence-corrected chi connectivity index (χ3v) is 4.79. The van der Waals surface area contributed by atoms with Crippen LogP contribution in [0.4, 0.5) is 0 Å². The Balaban J connectivity index is 1.73. The number of benzene rings is 1. The van der Waals surface area contributed by atoms with Crippen molar-refractivity contribution in [2.45, 2.75) is 12.8 Å². The molecule has 2 aromatic rings. The number of hydrogen-bond acceptors (Lipinski definition) is 6. The maximum atomic E-state index is 12.3. The van der Waals surface area contributed by atoms with Gasteiger partial charge < -0.3 is 14.8 Å². The van der Waals surface area contributed by atoms with Gasteiger partial charge in [-0.25, -0.2) is 9.59 Å². The number of cyclic esters (lactones) is 2. The van der Waals surface area contributed by atoms with E-state index in [0.29, 0.717) is 17.0 Å². The summed E-state index contributed by atoms with van der Waals surface area (Å²) in [5, 5.41) is 11.2. The predicted octanol–water partition coefficient (Wildman–Crippen LogP) is 1.18. The number of hydrogen-bond donors (Lipinski definition) is 2. The van der Waals surface area contributed by atoms with Gasteiger partial charge in [0.05, 0.1) is 16.8 Å². The third kappa shape index (κ3) is 1.63. The first-order valence-corrected chi connectivity index (χ1v) is 7.65. The summed E-state index contributed by atoms with van der Waals surface area (Å²) in [6, 6.07) is 5.85. The van der Waals surface area contributed by atoms with Gasteiger partial charge in [-0.3, -0.25) is 5.10 Å².